The van der Waals surface area contributed by atoms with Crippen LogP contribution in [0.5, 0.6) is 5.88 Å². The average Bonchev–Trinajstić information content (AvgIpc) is 2.95. The van der Waals surface area contributed by atoms with Crippen LogP contribution in [0.2, 0.25) is 0 Å². The normalized spacial score (nSPS) is 10.1. The number of aromatic nitrogens is 5. The number of nitrogens with one attached hydrogen (secondary N) is 2. The zero-order chi connectivity index (χ0) is 16.1. The summed E-state index contributed by atoms with van der Waals surface area (Å²) in [6.07, 6.45) is 6.72. The first-order valence-electron chi connectivity index (χ1n) is 6.45. The fraction of sp³-hybridized carbons (Fsp3) is 0.0769. The number of carbonyl (C=O) groups is 1. The molecular formula is C13H11N7O2S. The van der Waals surface area contributed by atoms with Crippen molar-refractivity contribution in [1.29, 1.82) is 0 Å². The van der Waals surface area contributed by atoms with Gasteiger partial charge in [0.05, 0.1) is 23.8 Å². The Bertz CT molecular complexity index is 809. The number of aryl methyl sites for hydroxylation is 1. The van der Waals surface area contributed by atoms with Gasteiger partial charge in [0, 0.05) is 17.8 Å². The molecule has 3 heterocycles. The number of hydrogen-bond acceptors (Lipinski definition) is 9. The number of ether oxygens (including phenoxy) is 1. The van der Waals surface area contributed by atoms with Gasteiger partial charge in [0.1, 0.15) is 6.33 Å². The van der Waals surface area contributed by atoms with Crippen molar-refractivity contribution in [2.45, 2.75) is 6.92 Å². The van der Waals surface area contributed by atoms with Gasteiger partial charge in [-0.2, -0.15) is 0 Å². The molecule has 3 rings (SSSR count). The van der Waals surface area contributed by atoms with Crippen molar-refractivity contribution in [3.05, 3.63) is 42.2 Å². The molecule has 0 unspecified atom stereocenters. The largest absolute Gasteiger partial charge is 0.420 e. The molecule has 0 spiro atoms. The quantitative estimate of drug-likeness (QED) is 0.749. The SMILES string of the molecule is Cc1csc(NC(=O)Oc2nccnc2Nc2cncnc2)n1. The summed E-state index contributed by atoms with van der Waals surface area (Å²) in [5.74, 6) is 0.301. The summed E-state index contributed by atoms with van der Waals surface area (Å²) in [5.41, 5.74) is 1.41. The minimum Gasteiger partial charge on any atom is -0.387 e. The molecule has 0 aliphatic carbocycles. The third-order valence-corrected chi connectivity index (χ3v) is 3.38. The summed E-state index contributed by atoms with van der Waals surface area (Å²) in [6.45, 7) is 1.83. The van der Waals surface area contributed by atoms with Crippen LogP contribution < -0.4 is 15.4 Å². The second kappa shape index (κ2) is 6.75. The molecule has 0 aliphatic rings. The standard InChI is InChI=1S/C13H11N7O2S/c1-8-6-23-12(18-8)20-13(21)22-11-10(16-2-3-17-11)19-9-4-14-7-15-5-9/h2-7H,1H3,(H,16,19)(H,18,20,21). The van der Waals surface area contributed by atoms with Gasteiger partial charge in [-0.1, -0.05) is 0 Å². The summed E-state index contributed by atoms with van der Waals surface area (Å²) < 4.78 is 5.17. The van der Waals surface area contributed by atoms with Crippen LogP contribution in [0, 0.1) is 6.92 Å². The summed E-state index contributed by atoms with van der Waals surface area (Å²) in [5, 5.41) is 7.72. The van der Waals surface area contributed by atoms with Crippen LogP contribution in [0.1, 0.15) is 5.69 Å². The Hall–Kier alpha value is -3.14. The molecule has 10 heteroatoms. The van der Waals surface area contributed by atoms with E-state index in [-0.39, 0.29) is 11.7 Å². The second-order valence-corrected chi connectivity index (χ2v) is 5.13. The number of anilines is 3. The Kier molecular flexibility index (Phi) is 4.34. The average molecular weight is 329 g/mol. The molecule has 3 aromatic heterocycles. The molecule has 3 aromatic rings. The first-order valence-corrected chi connectivity index (χ1v) is 7.32. The van der Waals surface area contributed by atoms with E-state index in [9.17, 15) is 4.79 Å². The lowest BCUT2D eigenvalue weighted by Crippen LogP contribution is -2.18. The highest BCUT2D eigenvalue weighted by molar-refractivity contribution is 7.13. The Morgan fingerprint density at radius 3 is 2.74 bits per heavy atom. The number of thiazole rings is 1. The van der Waals surface area contributed by atoms with Crippen molar-refractivity contribution >= 4 is 34.1 Å². The van der Waals surface area contributed by atoms with Gasteiger partial charge < -0.3 is 10.1 Å². The lowest BCUT2D eigenvalue weighted by Gasteiger charge is -2.09. The molecule has 0 saturated carbocycles. The fourth-order valence-electron chi connectivity index (χ4n) is 1.60. The highest BCUT2D eigenvalue weighted by Gasteiger charge is 2.13. The van der Waals surface area contributed by atoms with Gasteiger partial charge in [-0.05, 0) is 6.92 Å². The maximum absolute atomic E-state index is 11.9. The number of hydrogen-bond donors (Lipinski definition) is 2. The molecule has 0 atom stereocenters. The molecule has 0 bridgehead atoms. The summed E-state index contributed by atoms with van der Waals surface area (Å²) in [4.78, 5) is 31.9. The molecule has 0 fully saturated rings. The Labute approximate surface area is 134 Å². The van der Waals surface area contributed by atoms with E-state index in [0.29, 0.717) is 10.8 Å². The first kappa shape index (κ1) is 14.8. The lowest BCUT2D eigenvalue weighted by molar-refractivity contribution is 0.213. The minimum atomic E-state index is -0.702. The molecule has 9 nitrogen and oxygen atoms in total. The molecule has 2 N–H and O–H groups in total. The van der Waals surface area contributed by atoms with E-state index in [2.05, 4.69) is 35.6 Å². The monoisotopic (exact) mass is 329 g/mol. The third-order valence-electron chi connectivity index (χ3n) is 2.51. The third kappa shape index (κ3) is 3.95. The maximum Gasteiger partial charge on any atom is 0.420 e. The van der Waals surface area contributed by atoms with Crippen molar-refractivity contribution in [2.24, 2.45) is 0 Å². The second-order valence-electron chi connectivity index (χ2n) is 4.27. The van der Waals surface area contributed by atoms with Gasteiger partial charge in [0.15, 0.2) is 10.9 Å². The summed E-state index contributed by atoms with van der Waals surface area (Å²) in [7, 11) is 0. The Balaban J connectivity index is 1.71. The van der Waals surface area contributed by atoms with Crippen molar-refractivity contribution in [1.82, 2.24) is 24.9 Å². The van der Waals surface area contributed by atoms with E-state index in [1.807, 2.05) is 12.3 Å². The van der Waals surface area contributed by atoms with Gasteiger partial charge in [0.2, 0.25) is 0 Å². The first-order chi connectivity index (χ1) is 11.2. The molecule has 23 heavy (non-hydrogen) atoms. The van der Waals surface area contributed by atoms with Crippen molar-refractivity contribution < 1.29 is 9.53 Å². The number of rotatable bonds is 4. The molecule has 1 amide bonds. The molecule has 0 aliphatic heterocycles. The number of carbonyl (C=O) groups excluding carboxylic acids is 1. The summed E-state index contributed by atoms with van der Waals surface area (Å²) in [6, 6.07) is 0. The van der Waals surface area contributed by atoms with Crippen LogP contribution in [-0.4, -0.2) is 31.0 Å². The molecule has 0 saturated heterocycles. The minimum absolute atomic E-state index is 0.0298. The topological polar surface area (TPSA) is 115 Å². The maximum atomic E-state index is 11.9. The van der Waals surface area contributed by atoms with Gasteiger partial charge in [0.25, 0.3) is 5.88 Å². The highest BCUT2D eigenvalue weighted by Crippen LogP contribution is 2.22. The van der Waals surface area contributed by atoms with Gasteiger partial charge in [-0.25, -0.2) is 29.7 Å². The van der Waals surface area contributed by atoms with Crippen LogP contribution in [0.25, 0.3) is 0 Å². The van der Waals surface area contributed by atoms with Crippen LogP contribution in [0.3, 0.4) is 0 Å². The van der Waals surface area contributed by atoms with Crippen molar-refractivity contribution in [3.8, 4) is 5.88 Å². The van der Waals surface area contributed by atoms with E-state index in [1.54, 1.807) is 12.4 Å². The predicted molar refractivity (Wildman–Crippen MR) is 83.8 cm³/mol. The van der Waals surface area contributed by atoms with E-state index in [1.165, 1.54) is 30.1 Å². The van der Waals surface area contributed by atoms with E-state index in [4.69, 9.17) is 4.74 Å². The highest BCUT2D eigenvalue weighted by atomic mass is 32.1. The Morgan fingerprint density at radius 1 is 1.22 bits per heavy atom. The van der Waals surface area contributed by atoms with E-state index >= 15 is 0 Å². The summed E-state index contributed by atoms with van der Waals surface area (Å²) >= 11 is 1.30. The van der Waals surface area contributed by atoms with Crippen LogP contribution in [-0.2, 0) is 0 Å². The Morgan fingerprint density at radius 2 is 2.00 bits per heavy atom. The predicted octanol–water partition coefficient (Wildman–Crippen LogP) is 2.39. The van der Waals surface area contributed by atoms with Gasteiger partial charge in [-0.3, -0.25) is 5.32 Å². The zero-order valence-electron chi connectivity index (χ0n) is 11.9. The molecular weight excluding hydrogens is 318 g/mol. The zero-order valence-corrected chi connectivity index (χ0v) is 12.7. The number of nitrogens with zero attached hydrogens (tertiary/aromatic N) is 5. The number of amides is 1. The van der Waals surface area contributed by atoms with Crippen molar-refractivity contribution in [2.75, 3.05) is 10.6 Å². The fourth-order valence-corrected chi connectivity index (χ4v) is 2.27. The molecule has 0 aromatic carbocycles. The molecule has 0 radical (unpaired) electrons. The van der Waals surface area contributed by atoms with Gasteiger partial charge in [-0.15, -0.1) is 11.3 Å². The smallest absolute Gasteiger partial charge is 0.387 e. The van der Waals surface area contributed by atoms with Crippen LogP contribution in [0.4, 0.5) is 21.4 Å². The van der Waals surface area contributed by atoms with Gasteiger partial charge >= 0.3 is 6.09 Å². The van der Waals surface area contributed by atoms with Crippen molar-refractivity contribution in [3.63, 3.8) is 0 Å². The van der Waals surface area contributed by atoms with E-state index < -0.39 is 6.09 Å². The molecule has 116 valence electrons. The van der Waals surface area contributed by atoms with Crippen LogP contribution in [0.15, 0.2) is 36.5 Å². The lowest BCUT2D eigenvalue weighted by atomic mass is 10.5. The van der Waals surface area contributed by atoms with Crippen LogP contribution >= 0.6 is 11.3 Å². The van der Waals surface area contributed by atoms with E-state index in [0.717, 1.165) is 5.69 Å².